The first kappa shape index (κ1) is 13.4. The minimum atomic E-state index is 0.0834. The number of nitrogen functional groups attached to an aromatic ring is 1. The van der Waals surface area contributed by atoms with Gasteiger partial charge >= 0.3 is 0 Å². The van der Waals surface area contributed by atoms with Crippen LogP contribution in [0.5, 0.6) is 0 Å². The Morgan fingerprint density at radius 3 is 2.78 bits per heavy atom. The highest BCUT2D eigenvalue weighted by molar-refractivity contribution is 9.10. The first-order valence-electron chi connectivity index (χ1n) is 6.00. The average molecular weight is 312 g/mol. The van der Waals surface area contributed by atoms with E-state index in [1.165, 1.54) is 0 Å². The molecule has 5 heteroatoms. The van der Waals surface area contributed by atoms with Crippen LogP contribution in [0.4, 0.5) is 5.69 Å². The largest absolute Gasteiger partial charge is 0.398 e. The summed E-state index contributed by atoms with van der Waals surface area (Å²) in [6.45, 7) is 1.62. The Morgan fingerprint density at radius 1 is 1.50 bits per heavy atom. The van der Waals surface area contributed by atoms with Crippen LogP contribution in [-0.4, -0.2) is 48.9 Å². The van der Waals surface area contributed by atoms with Crippen molar-refractivity contribution in [1.82, 2.24) is 9.80 Å². The molecule has 0 aliphatic carbocycles. The number of rotatable bonds is 2. The Morgan fingerprint density at radius 2 is 2.22 bits per heavy atom. The molecule has 2 N–H and O–H groups in total. The van der Waals surface area contributed by atoms with Gasteiger partial charge < -0.3 is 15.5 Å². The van der Waals surface area contributed by atoms with Crippen molar-refractivity contribution in [3.8, 4) is 0 Å². The van der Waals surface area contributed by atoms with Crippen LogP contribution in [0.2, 0.25) is 0 Å². The fraction of sp³-hybridized carbons (Fsp3) is 0.462. The first-order valence-corrected chi connectivity index (χ1v) is 6.79. The van der Waals surface area contributed by atoms with Crippen LogP contribution in [0.3, 0.4) is 0 Å². The molecule has 0 radical (unpaired) electrons. The molecule has 0 saturated carbocycles. The van der Waals surface area contributed by atoms with Crippen LogP contribution in [0, 0.1) is 0 Å². The maximum Gasteiger partial charge on any atom is 0.253 e. The maximum absolute atomic E-state index is 12.3. The molecule has 18 heavy (non-hydrogen) atoms. The molecule has 2 rings (SSSR count). The minimum absolute atomic E-state index is 0.0834. The Bertz CT molecular complexity index is 462. The molecule has 98 valence electrons. The fourth-order valence-corrected chi connectivity index (χ4v) is 2.57. The Balaban J connectivity index is 2.10. The van der Waals surface area contributed by atoms with Crippen LogP contribution < -0.4 is 5.73 Å². The van der Waals surface area contributed by atoms with Gasteiger partial charge in [0, 0.05) is 34.9 Å². The SMILES string of the molecule is CN(C)C1CCN(C(=O)c2ccc(N)c(Br)c2)C1. The van der Waals surface area contributed by atoms with E-state index in [0.717, 1.165) is 24.0 Å². The average Bonchev–Trinajstić information content (AvgIpc) is 2.81. The molecule has 1 aliphatic rings. The molecule has 1 aromatic carbocycles. The Hall–Kier alpha value is -1.07. The number of hydrogen-bond donors (Lipinski definition) is 1. The molecule has 1 aromatic rings. The Labute approximate surface area is 116 Å². The lowest BCUT2D eigenvalue weighted by atomic mass is 10.2. The lowest BCUT2D eigenvalue weighted by Crippen LogP contribution is -2.34. The predicted molar refractivity (Wildman–Crippen MR) is 76.5 cm³/mol. The van der Waals surface area contributed by atoms with Gasteiger partial charge in [-0.05, 0) is 54.6 Å². The van der Waals surface area contributed by atoms with Gasteiger partial charge in [0.05, 0.1) is 0 Å². The molecule has 0 aromatic heterocycles. The third-order valence-electron chi connectivity index (χ3n) is 3.43. The van der Waals surface area contributed by atoms with E-state index in [1.54, 1.807) is 18.2 Å². The van der Waals surface area contributed by atoms with Gasteiger partial charge in [0.25, 0.3) is 5.91 Å². The van der Waals surface area contributed by atoms with E-state index in [1.807, 2.05) is 4.90 Å². The molecule has 1 unspecified atom stereocenters. The van der Waals surface area contributed by atoms with E-state index in [-0.39, 0.29) is 5.91 Å². The number of benzene rings is 1. The highest BCUT2D eigenvalue weighted by Gasteiger charge is 2.28. The van der Waals surface area contributed by atoms with Gasteiger partial charge in [-0.1, -0.05) is 0 Å². The lowest BCUT2D eigenvalue weighted by molar-refractivity contribution is 0.0783. The number of likely N-dealkylation sites (tertiary alicyclic amines) is 1. The minimum Gasteiger partial charge on any atom is -0.398 e. The zero-order valence-electron chi connectivity index (χ0n) is 10.7. The van der Waals surface area contributed by atoms with Crippen molar-refractivity contribution in [2.24, 2.45) is 0 Å². The summed E-state index contributed by atoms with van der Waals surface area (Å²) in [5, 5.41) is 0. The Kier molecular flexibility index (Phi) is 3.92. The van der Waals surface area contributed by atoms with Gasteiger partial charge in [-0.15, -0.1) is 0 Å². The molecule has 0 spiro atoms. The van der Waals surface area contributed by atoms with E-state index >= 15 is 0 Å². The van der Waals surface area contributed by atoms with E-state index in [4.69, 9.17) is 5.73 Å². The summed E-state index contributed by atoms with van der Waals surface area (Å²) in [5.74, 6) is 0.0834. The number of halogens is 1. The number of amides is 1. The number of anilines is 1. The van der Waals surface area contributed by atoms with Gasteiger partial charge in [-0.3, -0.25) is 4.79 Å². The number of carbonyl (C=O) groups is 1. The van der Waals surface area contributed by atoms with E-state index < -0.39 is 0 Å². The zero-order chi connectivity index (χ0) is 13.3. The number of likely N-dealkylation sites (N-methyl/N-ethyl adjacent to an activating group) is 1. The molecule has 0 bridgehead atoms. The first-order chi connectivity index (χ1) is 8.49. The highest BCUT2D eigenvalue weighted by atomic mass is 79.9. The van der Waals surface area contributed by atoms with Crippen molar-refractivity contribution < 1.29 is 4.79 Å². The summed E-state index contributed by atoms with van der Waals surface area (Å²) in [7, 11) is 4.11. The van der Waals surface area contributed by atoms with E-state index in [9.17, 15) is 4.79 Å². The summed E-state index contributed by atoms with van der Waals surface area (Å²) < 4.78 is 0.775. The van der Waals surface area contributed by atoms with E-state index in [2.05, 4.69) is 34.9 Å². The van der Waals surface area contributed by atoms with Crippen molar-refractivity contribution >= 4 is 27.5 Å². The molecular weight excluding hydrogens is 294 g/mol. The molecule has 1 fully saturated rings. The van der Waals surface area contributed by atoms with Crippen molar-refractivity contribution in [1.29, 1.82) is 0 Å². The van der Waals surface area contributed by atoms with Crippen LogP contribution >= 0.6 is 15.9 Å². The van der Waals surface area contributed by atoms with Crippen molar-refractivity contribution in [2.75, 3.05) is 32.9 Å². The summed E-state index contributed by atoms with van der Waals surface area (Å²) in [6.07, 6.45) is 1.04. The molecular formula is C13H18BrN3O. The lowest BCUT2D eigenvalue weighted by Gasteiger charge is -2.20. The standard InChI is InChI=1S/C13H18BrN3O/c1-16(2)10-5-6-17(8-10)13(18)9-3-4-12(15)11(14)7-9/h3-4,7,10H,5-6,8,15H2,1-2H3. The van der Waals surface area contributed by atoms with Crippen molar-refractivity contribution in [2.45, 2.75) is 12.5 Å². The summed E-state index contributed by atoms with van der Waals surface area (Å²) in [6, 6.07) is 5.80. The second-order valence-corrected chi connectivity index (χ2v) is 5.75. The van der Waals surface area contributed by atoms with Gasteiger partial charge in [0.1, 0.15) is 0 Å². The maximum atomic E-state index is 12.3. The van der Waals surface area contributed by atoms with E-state index in [0.29, 0.717) is 17.3 Å². The van der Waals surface area contributed by atoms with Crippen LogP contribution in [0.1, 0.15) is 16.8 Å². The predicted octanol–water partition coefficient (Wildman–Crippen LogP) is 1.81. The monoisotopic (exact) mass is 311 g/mol. The van der Waals surface area contributed by atoms with Gasteiger partial charge in [0.15, 0.2) is 0 Å². The van der Waals surface area contributed by atoms with Crippen LogP contribution in [-0.2, 0) is 0 Å². The van der Waals surface area contributed by atoms with Crippen LogP contribution in [0.15, 0.2) is 22.7 Å². The third-order valence-corrected chi connectivity index (χ3v) is 4.12. The topological polar surface area (TPSA) is 49.6 Å². The van der Waals surface area contributed by atoms with Crippen LogP contribution in [0.25, 0.3) is 0 Å². The van der Waals surface area contributed by atoms with Crippen molar-refractivity contribution in [3.05, 3.63) is 28.2 Å². The fourth-order valence-electron chi connectivity index (χ4n) is 2.19. The van der Waals surface area contributed by atoms with Gasteiger partial charge in [-0.2, -0.15) is 0 Å². The zero-order valence-corrected chi connectivity index (χ0v) is 12.3. The molecule has 1 atom stereocenters. The quantitative estimate of drug-likeness (QED) is 0.847. The number of nitrogens with zero attached hydrogens (tertiary/aromatic N) is 2. The molecule has 1 aliphatic heterocycles. The molecule has 1 saturated heterocycles. The smallest absolute Gasteiger partial charge is 0.253 e. The van der Waals surface area contributed by atoms with Gasteiger partial charge in [0.2, 0.25) is 0 Å². The molecule has 1 amide bonds. The second kappa shape index (κ2) is 5.28. The second-order valence-electron chi connectivity index (χ2n) is 4.89. The van der Waals surface area contributed by atoms with Gasteiger partial charge in [-0.25, -0.2) is 0 Å². The molecule has 1 heterocycles. The third kappa shape index (κ3) is 2.67. The number of carbonyl (C=O) groups excluding carboxylic acids is 1. The normalized spacial score (nSPS) is 19.6. The number of hydrogen-bond acceptors (Lipinski definition) is 3. The van der Waals surface area contributed by atoms with Crippen molar-refractivity contribution in [3.63, 3.8) is 0 Å². The summed E-state index contributed by atoms with van der Waals surface area (Å²) in [5.41, 5.74) is 7.07. The number of nitrogens with two attached hydrogens (primary N) is 1. The highest BCUT2D eigenvalue weighted by Crippen LogP contribution is 2.23. The summed E-state index contributed by atoms with van der Waals surface area (Å²) >= 11 is 3.35. The summed E-state index contributed by atoms with van der Waals surface area (Å²) in [4.78, 5) is 16.4. The molecule has 4 nitrogen and oxygen atoms in total.